The van der Waals surface area contributed by atoms with Crippen molar-refractivity contribution in [1.82, 2.24) is 5.32 Å². The first kappa shape index (κ1) is 22.1. The van der Waals surface area contributed by atoms with Gasteiger partial charge in [-0.05, 0) is 60.8 Å². The predicted molar refractivity (Wildman–Crippen MR) is 134 cm³/mol. The van der Waals surface area contributed by atoms with Crippen LogP contribution in [0.25, 0.3) is 0 Å². The summed E-state index contributed by atoms with van der Waals surface area (Å²) in [5, 5.41) is 14.4. The van der Waals surface area contributed by atoms with Crippen LogP contribution in [0.1, 0.15) is 71.8 Å². The van der Waals surface area contributed by atoms with Gasteiger partial charge in [-0.25, -0.2) is 0 Å². The van der Waals surface area contributed by atoms with Crippen LogP contribution in [-0.4, -0.2) is 18.8 Å². The molecule has 7 heteroatoms. The van der Waals surface area contributed by atoms with Crippen molar-refractivity contribution in [3.63, 3.8) is 0 Å². The zero-order valence-corrected chi connectivity index (χ0v) is 21.0. The fraction of sp³-hybridized carbons (Fsp3) is 0.393. The van der Waals surface area contributed by atoms with Crippen molar-refractivity contribution < 1.29 is 14.3 Å². The fourth-order valence-electron chi connectivity index (χ4n) is 6.07. The smallest absolute Gasteiger partial charge is 0.260 e. The number of aryl methyl sites for hydroxylation is 1. The number of allylic oxidation sites excluding steroid dienone is 3. The van der Waals surface area contributed by atoms with E-state index >= 15 is 0 Å². The zero-order valence-electron chi connectivity index (χ0n) is 20.2. The lowest BCUT2D eigenvalue weighted by atomic mass is 9.68. The van der Waals surface area contributed by atoms with Crippen molar-refractivity contribution in [2.75, 3.05) is 12.0 Å². The Bertz CT molecular complexity index is 1390. The molecule has 0 saturated carbocycles. The zero-order chi connectivity index (χ0) is 24.5. The van der Waals surface area contributed by atoms with Crippen molar-refractivity contribution in [1.29, 1.82) is 5.26 Å². The molecule has 1 atom stereocenters. The van der Waals surface area contributed by atoms with Gasteiger partial charge in [0.15, 0.2) is 5.78 Å². The van der Waals surface area contributed by atoms with E-state index in [0.717, 1.165) is 53.1 Å². The Morgan fingerprint density at radius 2 is 1.89 bits per heavy atom. The van der Waals surface area contributed by atoms with Crippen LogP contribution in [0.3, 0.4) is 0 Å². The van der Waals surface area contributed by atoms with Gasteiger partial charge in [0.25, 0.3) is 5.91 Å². The molecule has 2 aliphatic carbocycles. The number of fused-ring (bicyclic) bond motifs is 6. The van der Waals surface area contributed by atoms with Gasteiger partial charge in [-0.3, -0.25) is 14.5 Å². The molecule has 2 aromatic rings. The second-order valence-electron chi connectivity index (χ2n) is 10.6. The summed E-state index contributed by atoms with van der Waals surface area (Å²) in [7, 11) is 1.61. The Kier molecular flexibility index (Phi) is 4.94. The summed E-state index contributed by atoms with van der Waals surface area (Å²) in [6.45, 7) is 4.23. The monoisotopic (exact) mass is 485 g/mol. The van der Waals surface area contributed by atoms with Gasteiger partial charge in [-0.15, -0.1) is 11.3 Å². The number of carbonyl (C=O) groups is 2. The molecule has 6 rings (SSSR count). The van der Waals surface area contributed by atoms with Crippen LogP contribution in [0.4, 0.5) is 5.00 Å². The van der Waals surface area contributed by atoms with Crippen LogP contribution in [-0.2, 0) is 17.6 Å². The molecule has 1 aromatic carbocycles. The number of thiophene rings is 1. The highest BCUT2D eigenvalue weighted by Crippen LogP contribution is 2.54. The largest absolute Gasteiger partial charge is 0.497 e. The molecule has 0 radical (unpaired) electrons. The number of Topliss-reactive ketones (excluding diaryl/α,β-unsaturated/α-hetero) is 1. The molecule has 1 aromatic heterocycles. The minimum absolute atomic E-state index is 0.0728. The molecule has 1 N–H and O–H groups in total. The van der Waals surface area contributed by atoms with Crippen LogP contribution in [0.2, 0.25) is 0 Å². The number of carbonyl (C=O) groups excluding carboxylic acids is 2. The summed E-state index contributed by atoms with van der Waals surface area (Å²) in [5.74, 6) is 0.629. The number of hydrogen-bond donors (Lipinski definition) is 1. The average Bonchev–Trinajstić information content (AvgIpc) is 3.22. The van der Waals surface area contributed by atoms with E-state index in [1.165, 1.54) is 4.88 Å². The number of benzene rings is 1. The highest BCUT2D eigenvalue weighted by molar-refractivity contribution is 7.17. The highest BCUT2D eigenvalue weighted by atomic mass is 32.1. The lowest BCUT2D eigenvalue weighted by molar-refractivity contribution is -0.118. The third-order valence-electron chi connectivity index (χ3n) is 7.61. The van der Waals surface area contributed by atoms with Crippen LogP contribution in [0.15, 0.2) is 46.9 Å². The van der Waals surface area contributed by atoms with E-state index in [1.54, 1.807) is 18.4 Å². The van der Waals surface area contributed by atoms with E-state index in [4.69, 9.17) is 4.74 Å². The number of ketones is 1. The molecule has 0 saturated heterocycles. The summed E-state index contributed by atoms with van der Waals surface area (Å²) in [5.41, 5.74) is 4.52. The predicted octanol–water partition coefficient (Wildman–Crippen LogP) is 5.36. The normalized spacial score (nSPS) is 22.6. The van der Waals surface area contributed by atoms with E-state index in [-0.39, 0.29) is 17.1 Å². The van der Waals surface area contributed by atoms with Crippen LogP contribution in [0.5, 0.6) is 5.75 Å². The van der Waals surface area contributed by atoms with Gasteiger partial charge in [0, 0.05) is 22.6 Å². The number of amides is 1. The van der Waals surface area contributed by atoms with Gasteiger partial charge >= 0.3 is 0 Å². The quantitative estimate of drug-likeness (QED) is 0.619. The number of nitrogens with zero attached hydrogens (tertiary/aromatic N) is 2. The van der Waals surface area contributed by atoms with Crippen molar-refractivity contribution >= 4 is 28.0 Å². The Morgan fingerprint density at radius 3 is 2.60 bits per heavy atom. The number of nitrogens with one attached hydrogen (secondary N) is 1. The second kappa shape index (κ2) is 7.82. The fourth-order valence-corrected chi connectivity index (χ4v) is 7.49. The molecule has 0 bridgehead atoms. The topological polar surface area (TPSA) is 82.4 Å². The minimum Gasteiger partial charge on any atom is -0.497 e. The standard InChI is InChI=1S/C28H27N3O3S/c1-28(2)12-19-24(20(32)13-28)22(15-8-10-16(34-3)11-9-15)18(14-29)25-30-26(33)23-17-6-4-5-7-21(17)35-27(23)31(19)25/h8-11,22H,4-7,12-13H2,1-3H3,(H,30,33). The van der Waals surface area contributed by atoms with Crippen molar-refractivity contribution in [2.45, 2.75) is 58.3 Å². The lowest BCUT2D eigenvalue weighted by Gasteiger charge is -2.45. The average molecular weight is 486 g/mol. The van der Waals surface area contributed by atoms with Crippen molar-refractivity contribution in [3.05, 3.63) is 68.5 Å². The first-order valence-corrected chi connectivity index (χ1v) is 12.9. The van der Waals surface area contributed by atoms with E-state index in [9.17, 15) is 14.9 Å². The maximum absolute atomic E-state index is 13.7. The SMILES string of the molecule is COc1ccc(C2C(C#N)=C3NC(=O)c4c(sc5c4CCCC5)N3C3=C2C(=O)CC(C)(C)C3)cc1. The van der Waals surface area contributed by atoms with Crippen molar-refractivity contribution in [3.8, 4) is 11.8 Å². The Balaban J connectivity index is 1.62. The number of nitriles is 1. The summed E-state index contributed by atoms with van der Waals surface area (Å²) in [6.07, 6.45) is 5.20. The summed E-state index contributed by atoms with van der Waals surface area (Å²) in [6, 6.07) is 9.90. The minimum atomic E-state index is -0.521. The van der Waals surface area contributed by atoms with Crippen LogP contribution in [0, 0.1) is 16.7 Å². The summed E-state index contributed by atoms with van der Waals surface area (Å²) < 4.78 is 5.32. The van der Waals surface area contributed by atoms with Gasteiger partial charge in [0.05, 0.1) is 30.2 Å². The van der Waals surface area contributed by atoms with Gasteiger partial charge in [0.1, 0.15) is 16.6 Å². The van der Waals surface area contributed by atoms with Crippen LogP contribution >= 0.6 is 11.3 Å². The molecule has 0 spiro atoms. The number of hydrogen-bond acceptors (Lipinski definition) is 6. The number of ether oxygens (including phenoxy) is 1. The second-order valence-corrected chi connectivity index (χ2v) is 11.6. The van der Waals surface area contributed by atoms with Gasteiger partial charge in [-0.1, -0.05) is 26.0 Å². The molecule has 0 fully saturated rings. The van der Waals surface area contributed by atoms with E-state index in [2.05, 4.69) is 25.2 Å². The molecule has 2 aliphatic heterocycles. The maximum atomic E-state index is 13.7. The van der Waals surface area contributed by atoms with Gasteiger partial charge in [-0.2, -0.15) is 5.26 Å². The molecular formula is C28H27N3O3S. The first-order valence-electron chi connectivity index (χ1n) is 12.1. The molecular weight excluding hydrogens is 458 g/mol. The van der Waals surface area contributed by atoms with E-state index < -0.39 is 5.92 Å². The van der Waals surface area contributed by atoms with Crippen LogP contribution < -0.4 is 15.0 Å². The number of methoxy groups -OCH3 is 1. The molecule has 4 aliphatic rings. The molecule has 178 valence electrons. The van der Waals surface area contributed by atoms with E-state index in [0.29, 0.717) is 35.6 Å². The molecule has 1 unspecified atom stereocenters. The molecule has 1 amide bonds. The van der Waals surface area contributed by atoms with Gasteiger partial charge in [0.2, 0.25) is 0 Å². The summed E-state index contributed by atoms with van der Waals surface area (Å²) in [4.78, 5) is 30.5. The third-order valence-corrected chi connectivity index (χ3v) is 8.88. The first-order chi connectivity index (χ1) is 16.8. The number of rotatable bonds is 2. The Hall–Kier alpha value is -3.37. The molecule has 3 heterocycles. The molecule has 35 heavy (non-hydrogen) atoms. The third kappa shape index (κ3) is 3.27. The maximum Gasteiger partial charge on any atom is 0.260 e. The summed E-state index contributed by atoms with van der Waals surface area (Å²) >= 11 is 1.66. The molecule has 6 nitrogen and oxygen atoms in total. The lowest BCUT2D eigenvalue weighted by Crippen LogP contribution is -2.47. The Morgan fingerprint density at radius 1 is 1.14 bits per heavy atom. The van der Waals surface area contributed by atoms with E-state index in [1.807, 2.05) is 29.2 Å². The highest BCUT2D eigenvalue weighted by Gasteiger charge is 2.48. The Labute approximate surface area is 208 Å². The van der Waals surface area contributed by atoms with Crippen molar-refractivity contribution in [2.24, 2.45) is 5.41 Å². The van der Waals surface area contributed by atoms with Gasteiger partial charge < -0.3 is 10.1 Å². The number of anilines is 1.